The predicted molar refractivity (Wildman–Crippen MR) is 81.0 cm³/mol. The van der Waals surface area contributed by atoms with Gasteiger partial charge in [-0.05, 0) is 50.9 Å². The number of nitrogens with one attached hydrogen (secondary N) is 1. The molecule has 2 aliphatic heterocycles. The number of para-hydroxylation sites is 1. The summed E-state index contributed by atoms with van der Waals surface area (Å²) < 4.78 is 8.87. The van der Waals surface area contributed by atoms with E-state index in [4.69, 9.17) is 4.74 Å². The Bertz CT molecular complexity index is 597. The van der Waals surface area contributed by atoms with Crippen molar-refractivity contribution < 1.29 is 4.74 Å². The zero-order valence-corrected chi connectivity index (χ0v) is 12.1. The monoisotopic (exact) mass is 270 g/mol. The maximum absolute atomic E-state index is 6.34. The first-order chi connectivity index (χ1) is 9.86. The fourth-order valence-corrected chi connectivity index (χ4v) is 4.15. The third-order valence-corrected chi connectivity index (χ3v) is 4.98. The Hall–Kier alpha value is -1.32. The molecule has 1 aromatic heterocycles. The summed E-state index contributed by atoms with van der Waals surface area (Å²) in [4.78, 5) is 0. The molecule has 2 aliphatic rings. The second-order valence-corrected chi connectivity index (χ2v) is 6.05. The molecule has 2 aromatic rings. The van der Waals surface area contributed by atoms with Crippen molar-refractivity contribution in [3.05, 3.63) is 35.5 Å². The number of aryl methyl sites for hydroxylation is 1. The highest BCUT2D eigenvalue weighted by molar-refractivity contribution is 5.86. The minimum absolute atomic E-state index is 0.0478. The van der Waals surface area contributed by atoms with Crippen LogP contribution in [0.1, 0.15) is 30.5 Å². The molecule has 0 saturated carbocycles. The van der Waals surface area contributed by atoms with Crippen LogP contribution in [-0.2, 0) is 23.3 Å². The van der Waals surface area contributed by atoms with Crippen LogP contribution in [0.4, 0.5) is 0 Å². The Morgan fingerprint density at radius 3 is 3.15 bits per heavy atom. The van der Waals surface area contributed by atoms with Crippen LogP contribution in [0.5, 0.6) is 0 Å². The maximum atomic E-state index is 6.34. The van der Waals surface area contributed by atoms with Crippen molar-refractivity contribution in [3.63, 3.8) is 0 Å². The number of aromatic nitrogens is 1. The van der Waals surface area contributed by atoms with Gasteiger partial charge in [-0.3, -0.25) is 0 Å². The molecule has 3 heteroatoms. The van der Waals surface area contributed by atoms with Crippen molar-refractivity contribution in [1.82, 2.24) is 9.88 Å². The third kappa shape index (κ3) is 1.60. The number of benzene rings is 1. The molecule has 106 valence electrons. The van der Waals surface area contributed by atoms with E-state index in [0.29, 0.717) is 0 Å². The van der Waals surface area contributed by atoms with Crippen LogP contribution in [-0.4, -0.2) is 24.8 Å². The lowest BCUT2D eigenvalue weighted by Gasteiger charge is -2.42. The van der Waals surface area contributed by atoms with Crippen LogP contribution < -0.4 is 5.32 Å². The summed E-state index contributed by atoms with van der Waals surface area (Å²) in [6, 6.07) is 8.86. The van der Waals surface area contributed by atoms with E-state index in [2.05, 4.69) is 34.1 Å². The first kappa shape index (κ1) is 12.4. The molecule has 0 amide bonds. The van der Waals surface area contributed by atoms with Crippen molar-refractivity contribution in [2.24, 2.45) is 0 Å². The van der Waals surface area contributed by atoms with Gasteiger partial charge in [0.05, 0.1) is 12.3 Å². The van der Waals surface area contributed by atoms with E-state index < -0.39 is 0 Å². The molecule has 0 radical (unpaired) electrons. The van der Waals surface area contributed by atoms with Gasteiger partial charge in [0.1, 0.15) is 5.60 Å². The lowest BCUT2D eigenvalue weighted by Crippen LogP contribution is -2.42. The molecule has 1 N–H and O–H groups in total. The first-order valence-electron chi connectivity index (χ1n) is 7.75. The summed E-state index contributed by atoms with van der Waals surface area (Å²) in [5.74, 6) is 0. The molecular formula is C17H22N2O. The molecule has 0 saturated heterocycles. The number of hydrogen-bond acceptors (Lipinski definition) is 2. The lowest BCUT2D eigenvalue weighted by atomic mass is 9.82. The average Bonchev–Trinajstić information content (AvgIpc) is 2.83. The second kappa shape index (κ2) is 4.61. The molecule has 0 fully saturated rings. The smallest absolute Gasteiger partial charge is 0.110 e. The molecule has 0 aliphatic carbocycles. The van der Waals surface area contributed by atoms with Gasteiger partial charge in [-0.15, -0.1) is 0 Å². The molecule has 1 atom stereocenters. The Balaban J connectivity index is 1.96. The molecule has 3 nitrogen and oxygen atoms in total. The number of nitrogens with zero attached hydrogens (tertiary/aromatic N) is 1. The molecule has 0 bridgehead atoms. The summed E-state index contributed by atoms with van der Waals surface area (Å²) in [7, 11) is 2.03. The highest BCUT2D eigenvalue weighted by Gasteiger charge is 2.43. The van der Waals surface area contributed by atoms with Crippen LogP contribution in [0.3, 0.4) is 0 Å². The topological polar surface area (TPSA) is 26.2 Å². The number of fused-ring (bicyclic) bond motifs is 3. The zero-order valence-electron chi connectivity index (χ0n) is 12.1. The average molecular weight is 270 g/mol. The Morgan fingerprint density at radius 1 is 1.35 bits per heavy atom. The molecule has 20 heavy (non-hydrogen) atoms. The largest absolute Gasteiger partial charge is 0.368 e. The van der Waals surface area contributed by atoms with Crippen molar-refractivity contribution >= 4 is 10.9 Å². The van der Waals surface area contributed by atoms with Crippen molar-refractivity contribution in [2.45, 2.75) is 37.8 Å². The van der Waals surface area contributed by atoms with Gasteiger partial charge in [0.2, 0.25) is 0 Å². The maximum Gasteiger partial charge on any atom is 0.110 e. The van der Waals surface area contributed by atoms with E-state index in [1.165, 1.54) is 23.0 Å². The third-order valence-electron chi connectivity index (χ3n) is 4.98. The summed E-state index contributed by atoms with van der Waals surface area (Å²) >= 11 is 0. The normalized spacial score (nSPS) is 24.9. The van der Waals surface area contributed by atoms with Crippen molar-refractivity contribution in [3.8, 4) is 0 Å². The molecule has 3 heterocycles. The van der Waals surface area contributed by atoms with E-state index in [9.17, 15) is 0 Å². The minimum Gasteiger partial charge on any atom is -0.368 e. The van der Waals surface area contributed by atoms with Gasteiger partial charge in [-0.1, -0.05) is 18.2 Å². The van der Waals surface area contributed by atoms with Crippen LogP contribution in [0.15, 0.2) is 24.3 Å². The summed E-state index contributed by atoms with van der Waals surface area (Å²) in [5, 5.41) is 4.74. The SMILES string of the molecule is CNCCC12CCCn3c1c(c1ccccc13)CCO2. The summed E-state index contributed by atoms with van der Waals surface area (Å²) in [5.41, 5.74) is 4.37. The fourth-order valence-electron chi connectivity index (χ4n) is 4.15. The number of rotatable bonds is 3. The second-order valence-electron chi connectivity index (χ2n) is 6.05. The highest BCUT2D eigenvalue weighted by atomic mass is 16.5. The van der Waals surface area contributed by atoms with Crippen LogP contribution in [0.2, 0.25) is 0 Å². The predicted octanol–water partition coefficient (Wildman–Crippen LogP) is 2.81. The molecule has 1 unspecified atom stereocenters. The van der Waals surface area contributed by atoms with Gasteiger partial charge < -0.3 is 14.6 Å². The quantitative estimate of drug-likeness (QED) is 0.928. The van der Waals surface area contributed by atoms with Gasteiger partial charge in [0, 0.05) is 17.4 Å². The molecular weight excluding hydrogens is 248 g/mol. The van der Waals surface area contributed by atoms with E-state index >= 15 is 0 Å². The molecule has 4 rings (SSSR count). The summed E-state index contributed by atoms with van der Waals surface area (Å²) in [6.45, 7) is 3.02. The molecule has 0 spiro atoms. The van der Waals surface area contributed by atoms with Gasteiger partial charge in [0.15, 0.2) is 0 Å². The van der Waals surface area contributed by atoms with E-state index in [0.717, 1.165) is 39.0 Å². The Kier molecular flexibility index (Phi) is 2.86. The lowest BCUT2D eigenvalue weighted by molar-refractivity contribution is -0.0858. The van der Waals surface area contributed by atoms with E-state index in [1.807, 2.05) is 7.05 Å². The van der Waals surface area contributed by atoms with Crippen molar-refractivity contribution in [2.75, 3.05) is 20.2 Å². The Morgan fingerprint density at radius 2 is 2.25 bits per heavy atom. The van der Waals surface area contributed by atoms with Gasteiger partial charge in [0.25, 0.3) is 0 Å². The van der Waals surface area contributed by atoms with Gasteiger partial charge in [-0.25, -0.2) is 0 Å². The molecule has 1 aromatic carbocycles. The van der Waals surface area contributed by atoms with Crippen LogP contribution >= 0.6 is 0 Å². The van der Waals surface area contributed by atoms with E-state index in [1.54, 1.807) is 5.56 Å². The van der Waals surface area contributed by atoms with Crippen LogP contribution in [0, 0.1) is 0 Å². The highest BCUT2D eigenvalue weighted by Crippen LogP contribution is 2.46. The van der Waals surface area contributed by atoms with Gasteiger partial charge >= 0.3 is 0 Å². The van der Waals surface area contributed by atoms with Crippen molar-refractivity contribution in [1.29, 1.82) is 0 Å². The standard InChI is InChI=1S/C17H22N2O/c1-18-10-9-17-8-4-11-19-15-6-3-2-5-13(15)14(16(17)19)7-12-20-17/h2-3,5-6,18H,4,7-12H2,1H3. The summed E-state index contributed by atoms with van der Waals surface area (Å²) in [6.07, 6.45) is 4.52. The minimum atomic E-state index is -0.0478. The van der Waals surface area contributed by atoms with E-state index in [-0.39, 0.29) is 5.60 Å². The number of hydrogen-bond donors (Lipinski definition) is 1. The van der Waals surface area contributed by atoms with Gasteiger partial charge in [-0.2, -0.15) is 0 Å². The fraction of sp³-hybridized carbons (Fsp3) is 0.529. The first-order valence-corrected chi connectivity index (χ1v) is 7.75. The zero-order chi connectivity index (χ0) is 13.6. The Labute approximate surface area is 119 Å². The van der Waals surface area contributed by atoms with Crippen LogP contribution in [0.25, 0.3) is 10.9 Å². The number of ether oxygens (including phenoxy) is 1.